The summed E-state index contributed by atoms with van der Waals surface area (Å²) in [5.74, 6) is -1.31. The molecule has 4 nitrogen and oxygen atoms in total. The third-order valence-electron chi connectivity index (χ3n) is 1.74. The molecule has 0 saturated carbocycles. The lowest BCUT2D eigenvalue weighted by molar-refractivity contribution is -0.118. The molecule has 0 aromatic heterocycles. The fraction of sp³-hybridized carbons (Fsp3) is 0.222. The molecule has 0 fully saturated rings. The Bertz CT molecular complexity index is 409. The minimum absolute atomic E-state index is 0.00667. The summed E-state index contributed by atoms with van der Waals surface area (Å²) in [5, 5.41) is 2.32. The summed E-state index contributed by atoms with van der Waals surface area (Å²) >= 11 is 0. The number of nitrogens with two attached hydrogens (primary N) is 1. The maximum atomic E-state index is 13.3. The van der Waals surface area contributed by atoms with E-state index in [2.05, 4.69) is 5.32 Å². The van der Waals surface area contributed by atoms with Gasteiger partial charge in [0.25, 0.3) is 0 Å². The second-order valence-electron chi connectivity index (χ2n) is 2.85. The zero-order chi connectivity index (χ0) is 11.4. The van der Waals surface area contributed by atoms with E-state index in [0.29, 0.717) is 0 Å². The van der Waals surface area contributed by atoms with E-state index in [1.54, 1.807) is 0 Å². The molecule has 3 N–H and O–H groups in total. The fourth-order valence-corrected chi connectivity index (χ4v) is 2.00. The maximum Gasteiger partial charge on any atom is 0.232 e. The number of carbonyl (C=O) groups excluding carboxylic acids is 1. The SMILES string of the molecule is CNC(=O)CS(=O)c1ccc(N)cc1F. The van der Waals surface area contributed by atoms with E-state index >= 15 is 0 Å². The third kappa shape index (κ3) is 3.02. The first-order valence-electron chi connectivity index (χ1n) is 4.18. The van der Waals surface area contributed by atoms with E-state index in [9.17, 15) is 13.4 Å². The maximum absolute atomic E-state index is 13.3. The number of rotatable bonds is 3. The van der Waals surface area contributed by atoms with Crippen LogP contribution in [-0.2, 0) is 15.6 Å². The number of anilines is 1. The molecule has 0 spiro atoms. The van der Waals surface area contributed by atoms with Crippen molar-refractivity contribution in [1.29, 1.82) is 0 Å². The first-order valence-corrected chi connectivity index (χ1v) is 5.50. The summed E-state index contributed by atoms with van der Waals surface area (Å²) in [6, 6.07) is 3.85. The average Bonchev–Trinajstić information content (AvgIpc) is 2.17. The zero-order valence-corrected chi connectivity index (χ0v) is 8.94. The van der Waals surface area contributed by atoms with Crippen LogP contribution in [0.1, 0.15) is 0 Å². The summed E-state index contributed by atoms with van der Waals surface area (Å²) < 4.78 is 24.8. The third-order valence-corrected chi connectivity index (χ3v) is 3.09. The first-order chi connectivity index (χ1) is 7.04. The summed E-state index contributed by atoms with van der Waals surface area (Å²) in [7, 11) is -0.246. The number of amides is 1. The van der Waals surface area contributed by atoms with E-state index in [0.717, 1.165) is 6.07 Å². The molecule has 1 aromatic rings. The normalized spacial score (nSPS) is 12.1. The standard InChI is InChI=1S/C9H11FN2O2S/c1-12-9(13)5-15(14)8-3-2-6(11)4-7(8)10/h2-4H,5,11H2,1H3,(H,12,13). The largest absolute Gasteiger partial charge is 0.399 e. The molecule has 0 aliphatic heterocycles. The highest BCUT2D eigenvalue weighted by Crippen LogP contribution is 2.15. The van der Waals surface area contributed by atoms with Gasteiger partial charge in [0.15, 0.2) is 0 Å². The first kappa shape index (κ1) is 11.6. The molecule has 0 heterocycles. The van der Waals surface area contributed by atoms with Crippen LogP contribution in [0.25, 0.3) is 0 Å². The van der Waals surface area contributed by atoms with Crippen LogP contribution in [0.4, 0.5) is 10.1 Å². The summed E-state index contributed by atoms with van der Waals surface area (Å²) in [6.07, 6.45) is 0. The van der Waals surface area contributed by atoms with Gasteiger partial charge in [-0.2, -0.15) is 0 Å². The molecule has 1 atom stereocenters. The Morgan fingerprint density at radius 3 is 2.80 bits per heavy atom. The van der Waals surface area contributed by atoms with Crippen LogP contribution >= 0.6 is 0 Å². The van der Waals surface area contributed by atoms with Crippen LogP contribution in [-0.4, -0.2) is 22.9 Å². The molecule has 0 aliphatic rings. The lowest BCUT2D eigenvalue weighted by Gasteiger charge is -2.03. The number of hydrogen-bond acceptors (Lipinski definition) is 3. The molecule has 1 amide bonds. The minimum atomic E-state index is -1.68. The molecule has 82 valence electrons. The van der Waals surface area contributed by atoms with Gasteiger partial charge in [0, 0.05) is 12.7 Å². The van der Waals surface area contributed by atoms with Crippen molar-refractivity contribution >= 4 is 22.4 Å². The van der Waals surface area contributed by atoms with Gasteiger partial charge in [-0.1, -0.05) is 0 Å². The Morgan fingerprint density at radius 2 is 2.27 bits per heavy atom. The van der Waals surface area contributed by atoms with Crippen LogP contribution < -0.4 is 11.1 Å². The molecule has 6 heteroatoms. The van der Waals surface area contributed by atoms with Crippen LogP contribution in [0.2, 0.25) is 0 Å². The predicted molar refractivity (Wildman–Crippen MR) is 56.2 cm³/mol. The monoisotopic (exact) mass is 230 g/mol. The van der Waals surface area contributed by atoms with Crippen molar-refractivity contribution < 1.29 is 13.4 Å². The average molecular weight is 230 g/mol. The number of nitrogen functional groups attached to an aromatic ring is 1. The quantitative estimate of drug-likeness (QED) is 0.732. The van der Waals surface area contributed by atoms with Gasteiger partial charge in [-0.3, -0.25) is 9.00 Å². The number of benzene rings is 1. The zero-order valence-electron chi connectivity index (χ0n) is 8.12. The van der Waals surface area contributed by atoms with Gasteiger partial charge in [-0.25, -0.2) is 4.39 Å². The molecule has 0 aliphatic carbocycles. The van der Waals surface area contributed by atoms with Gasteiger partial charge < -0.3 is 11.1 Å². The van der Waals surface area contributed by atoms with E-state index in [-0.39, 0.29) is 16.3 Å². The second kappa shape index (κ2) is 4.88. The highest BCUT2D eigenvalue weighted by atomic mass is 32.2. The van der Waals surface area contributed by atoms with Gasteiger partial charge >= 0.3 is 0 Å². The molecule has 15 heavy (non-hydrogen) atoms. The molecular weight excluding hydrogens is 219 g/mol. The molecule has 1 aromatic carbocycles. The predicted octanol–water partition coefficient (Wildman–Crippen LogP) is 0.261. The lowest BCUT2D eigenvalue weighted by Crippen LogP contribution is -2.24. The summed E-state index contributed by atoms with van der Waals surface area (Å²) in [5.41, 5.74) is 5.59. The molecule has 0 radical (unpaired) electrons. The van der Waals surface area contributed by atoms with Crippen molar-refractivity contribution in [3.05, 3.63) is 24.0 Å². The van der Waals surface area contributed by atoms with Crippen molar-refractivity contribution in [2.75, 3.05) is 18.5 Å². The number of hydrogen-bond donors (Lipinski definition) is 2. The van der Waals surface area contributed by atoms with Crippen LogP contribution in [0, 0.1) is 5.82 Å². The lowest BCUT2D eigenvalue weighted by atomic mass is 10.3. The Morgan fingerprint density at radius 1 is 1.60 bits per heavy atom. The van der Waals surface area contributed by atoms with Crippen LogP contribution in [0.15, 0.2) is 23.1 Å². The fourth-order valence-electron chi connectivity index (χ4n) is 0.971. The Labute approximate surface area is 89.1 Å². The van der Waals surface area contributed by atoms with Crippen molar-refractivity contribution in [2.45, 2.75) is 4.90 Å². The highest BCUT2D eigenvalue weighted by Gasteiger charge is 2.13. The van der Waals surface area contributed by atoms with E-state index < -0.39 is 22.5 Å². The number of halogens is 1. The van der Waals surface area contributed by atoms with Gasteiger partial charge in [0.1, 0.15) is 11.6 Å². The van der Waals surface area contributed by atoms with Gasteiger partial charge in [-0.15, -0.1) is 0 Å². The van der Waals surface area contributed by atoms with Crippen LogP contribution in [0.3, 0.4) is 0 Å². The number of nitrogens with one attached hydrogen (secondary N) is 1. The van der Waals surface area contributed by atoms with Crippen molar-refractivity contribution in [3.8, 4) is 0 Å². The second-order valence-corrected chi connectivity index (χ2v) is 4.27. The summed E-state index contributed by atoms with van der Waals surface area (Å²) in [6.45, 7) is 0. The van der Waals surface area contributed by atoms with Crippen molar-refractivity contribution in [3.63, 3.8) is 0 Å². The Kier molecular flexibility index (Phi) is 3.79. The van der Waals surface area contributed by atoms with Gasteiger partial charge in [0.05, 0.1) is 15.7 Å². The summed E-state index contributed by atoms with van der Waals surface area (Å²) in [4.78, 5) is 10.9. The smallest absolute Gasteiger partial charge is 0.232 e. The Balaban J connectivity index is 2.87. The molecule has 0 saturated heterocycles. The highest BCUT2D eigenvalue weighted by molar-refractivity contribution is 7.85. The molecular formula is C9H11FN2O2S. The van der Waals surface area contributed by atoms with Crippen molar-refractivity contribution in [1.82, 2.24) is 5.32 Å². The van der Waals surface area contributed by atoms with Gasteiger partial charge in [0.2, 0.25) is 5.91 Å². The van der Waals surface area contributed by atoms with Crippen molar-refractivity contribution in [2.24, 2.45) is 0 Å². The van der Waals surface area contributed by atoms with E-state index in [1.807, 2.05) is 0 Å². The molecule has 0 bridgehead atoms. The van der Waals surface area contributed by atoms with E-state index in [4.69, 9.17) is 5.73 Å². The minimum Gasteiger partial charge on any atom is -0.399 e. The van der Waals surface area contributed by atoms with Gasteiger partial charge in [-0.05, 0) is 18.2 Å². The molecule has 1 rings (SSSR count). The molecule has 1 unspecified atom stereocenters. The van der Waals surface area contributed by atoms with E-state index in [1.165, 1.54) is 19.2 Å². The number of carbonyl (C=O) groups is 1. The Hall–Kier alpha value is -1.43. The van der Waals surface area contributed by atoms with Crippen LogP contribution in [0.5, 0.6) is 0 Å². The topological polar surface area (TPSA) is 72.2 Å².